The highest BCUT2D eigenvalue weighted by Crippen LogP contribution is 2.29. The van der Waals surface area contributed by atoms with Crippen molar-refractivity contribution >= 4 is 48.3 Å². The molecule has 6 nitrogen and oxygen atoms in total. The summed E-state index contributed by atoms with van der Waals surface area (Å²) in [4.78, 5) is 15.3. The van der Waals surface area contributed by atoms with Crippen LogP contribution in [0.2, 0.25) is 0 Å². The van der Waals surface area contributed by atoms with Crippen molar-refractivity contribution in [3.05, 3.63) is 48.3 Å². The first kappa shape index (κ1) is 16.3. The van der Waals surface area contributed by atoms with Crippen LogP contribution in [0.5, 0.6) is 0 Å². The number of amides is 1. The van der Waals surface area contributed by atoms with Gasteiger partial charge in [0.25, 0.3) is 10.0 Å². The first-order chi connectivity index (χ1) is 11.3. The zero-order chi connectivity index (χ0) is 17.3. The number of nitrogens with zero attached hydrogens (tertiary/aromatic N) is 1. The van der Waals surface area contributed by atoms with Gasteiger partial charge in [-0.25, -0.2) is 17.8 Å². The minimum absolute atomic E-state index is 0.0405. The fraction of sp³-hybridized carbons (Fsp3) is 0.0667. The fourth-order valence-corrected chi connectivity index (χ4v) is 3.96. The van der Waals surface area contributed by atoms with Crippen molar-refractivity contribution in [2.24, 2.45) is 0 Å². The number of benzene rings is 2. The number of aromatic nitrogens is 1. The highest BCUT2D eigenvalue weighted by molar-refractivity contribution is 7.92. The SMILES string of the molecule is CC(=O)Nc1nc2cc(NS(=O)(=O)c3ccc(F)cc3)ccc2s1. The molecule has 124 valence electrons. The molecule has 0 aliphatic heterocycles. The van der Waals surface area contributed by atoms with Crippen LogP contribution in [-0.4, -0.2) is 19.3 Å². The Balaban J connectivity index is 1.89. The van der Waals surface area contributed by atoms with E-state index in [9.17, 15) is 17.6 Å². The summed E-state index contributed by atoms with van der Waals surface area (Å²) in [5.74, 6) is -0.741. The van der Waals surface area contributed by atoms with E-state index in [0.717, 1.165) is 16.8 Å². The Morgan fingerprint density at radius 3 is 2.54 bits per heavy atom. The lowest BCUT2D eigenvalue weighted by Gasteiger charge is -2.07. The van der Waals surface area contributed by atoms with Crippen LogP contribution >= 0.6 is 11.3 Å². The number of carbonyl (C=O) groups excluding carboxylic acids is 1. The highest BCUT2D eigenvalue weighted by Gasteiger charge is 2.15. The Hall–Kier alpha value is -2.52. The smallest absolute Gasteiger partial charge is 0.261 e. The van der Waals surface area contributed by atoms with E-state index in [2.05, 4.69) is 15.0 Å². The first-order valence-corrected chi connectivity index (χ1v) is 9.10. The van der Waals surface area contributed by atoms with E-state index in [1.165, 1.54) is 30.4 Å². The summed E-state index contributed by atoms with van der Waals surface area (Å²) in [6.45, 7) is 1.38. The molecule has 1 amide bonds. The van der Waals surface area contributed by atoms with Crippen LogP contribution in [0.4, 0.5) is 15.2 Å². The average Bonchev–Trinajstić information content (AvgIpc) is 2.87. The molecule has 1 aromatic heterocycles. The van der Waals surface area contributed by atoms with Crippen LogP contribution in [0.15, 0.2) is 47.4 Å². The normalized spacial score (nSPS) is 11.4. The summed E-state index contributed by atoms with van der Waals surface area (Å²) < 4.78 is 40.7. The molecule has 0 fully saturated rings. The van der Waals surface area contributed by atoms with Gasteiger partial charge in [0.15, 0.2) is 5.13 Å². The third-order valence-corrected chi connectivity index (χ3v) is 5.40. The van der Waals surface area contributed by atoms with Gasteiger partial charge in [0.2, 0.25) is 5.91 Å². The number of halogens is 1. The van der Waals surface area contributed by atoms with Crippen LogP contribution < -0.4 is 10.0 Å². The summed E-state index contributed by atoms with van der Waals surface area (Å²) in [5, 5.41) is 3.03. The summed E-state index contributed by atoms with van der Waals surface area (Å²) in [6, 6.07) is 9.41. The molecule has 0 saturated carbocycles. The van der Waals surface area contributed by atoms with Gasteiger partial charge in [-0.05, 0) is 42.5 Å². The van der Waals surface area contributed by atoms with Crippen LogP contribution in [0.3, 0.4) is 0 Å². The largest absolute Gasteiger partial charge is 0.302 e. The second-order valence-corrected chi connectivity index (χ2v) is 7.66. The number of fused-ring (bicyclic) bond motifs is 1. The summed E-state index contributed by atoms with van der Waals surface area (Å²) >= 11 is 1.29. The highest BCUT2D eigenvalue weighted by atomic mass is 32.2. The molecule has 2 aromatic carbocycles. The van der Waals surface area contributed by atoms with E-state index in [0.29, 0.717) is 16.3 Å². The zero-order valence-corrected chi connectivity index (χ0v) is 14.0. The molecule has 0 aliphatic carbocycles. The van der Waals surface area contributed by atoms with Crippen molar-refractivity contribution in [2.45, 2.75) is 11.8 Å². The first-order valence-electron chi connectivity index (χ1n) is 6.80. The second kappa shape index (κ2) is 6.17. The van der Waals surface area contributed by atoms with E-state index in [-0.39, 0.29) is 10.8 Å². The molecule has 0 aliphatic rings. The van der Waals surface area contributed by atoms with E-state index in [1.54, 1.807) is 18.2 Å². The van der Waals surface area contributed by atoms with E-state index >= 15 is 0 Å². The van der Waals surface area contributed by atoms with Gasteiger partial charge in [0.05, 0.1) is 20.8 Å². The number of hydrogen-bond donors (Lipinski definition) is 2. The summed E-state index contributed by atoms with van der Waals surface area (Å²) in [5.41, 5.74) is 0.884. The molecule has 24 heavy (non-hydrogen) atoms. The Kier molecular flexibility index (Phi) is 4.20. The average molecular weight is 365 g/mol. The molecule has 3 aromatic rings. The maximum Gasteiger partial charge on any atom is 0.261 e. The van der Waals surface area contributed by atoms with Gasteiger partial charge >= 0.3 is 0 Å². The molecule has 0 unspecified atom stereocenters. The number of rotatable bonds is 4. The molecule has 3 rings (SSSR count). The zero-order valence-electron chi connectivity index (χ0n) is 12.4. The maximum absolute atomic E-state index is 12.9. The quantitative estimate of drug-likeness (QED) is 0.743. The van der Waals surface area contributed by atoms with Gasteiger partial charge in [-0.2, -0.15) is 0 Å². The molecule has 0 radical (unpaired) electrons. The van der Waals surface area contributed by atoms with Crippen molar-refractivity contribution in [2.75, 3.05) is 10.0 Å². The third kappa shape index (κ3) is 3.52. The number of anilines is 2. The molecule has 0 bridgehead atoms. The van der Waals surface area contributed by atoms with E-state index in [1.807, 2.05) is 0 Å². The van der Waals surface area contributed by atoms with Crippen LogP contribution in [0, 0.1) is 5.82 Å². The monoisotopic (exact) mass is 365 g/mol. The number of nitrogens with one attached hydrogen (secondary N) is 2. The third-order valence-electron chi connectivity index (χ3n) is 3.05. The van der Waals surface area contributed by atoms with Crippen LogP contribution in [0.1, 0.15) is 6.92 Å². The molecular weight excluding hydrogens is 353 g/mol. The number of thiazole rings is 1. The number of hydrogen-bond acceptors (Lipinski definition) is 5. The molecule has 1 heterocycles. The molecular formula is C15H12FN3O3S2. The molecule has 9 heteroatoms. The predicted octanol–water partition coefficient (Wildman–Crippen LogP) is 3.19. The lowest BCUT2D eigenvalue weighted by atomic mass is 10.3. The molecule has 2 N–H and O–H groups in total. The Morgan fingerprint density at radius 1 is 1.17 bits per heavy atom. The predicted molar refractivity (Wildman–Crippen MR) is 91.1 cm³/mol. The lowest BCUT2D eigenvalue weighted by Crippen LogP contribution is -2.12. The van der Waals surface area contributed by atoms with Crippen molar-refractivity contribution in [3.63, 3.8) is 0 Å². The van der Waals surface area contributed by atoms with Crippen LogP contribution in [0.25, 0.3) is 10.2 Å². The van der Waals surface area contributed by atoms with Gasteiger partial charge in [0, 0.05) is 6.92 Å². The van der Waals surface area contributed by atoms with E-state index in [4.69, 9.17) is 0 Å². The lowest BCUT2D eigenvalue weighted by molar-refractivity contribution is -0.114. The van der Waals surface area contributed by atoms with Gasteiger partial charge in [-0.1, -0.05) is 11.3 Å². The van der Waals surface area contributed by atoms with Crippen molar-refractivity contribution in [1.82, 2.24) is 4.98 Å². The van der Waals surface area contributed by atoms with Crippen LogP contribution in [-0.2, 0) is 14.8 Å². The number of carbonyl (C=O) groups is 1. The van der Waals surface area contributed by atoms with Crippen molar-refractivity contribution in [1.29, 1.82) is 0 Å². The maximum atomic E-state index is 12.9. The summed E-state index contributed by atoms with van der Waals surface area (Å²) in [7, 11) is -3.82. The van der Waals surface area contributed by atoms with E-state index < -0.39 is 15.8 Å². The minimum Gasteiger partial charge on any atom is -0.302 e. The topological polar surface area (TPSA) is 88.2 Å². The fourth-order valence-electron chi connectivity index (χ4n) is 2.02. The Labute approximate surface area is 141 Å². The Morgan fingerprint density at radius 2 is 1.88 bits per heavy atom. The van der Waals surface area contributed by atoms with Gasteiger partial charge in [-0.3, -0.25) is 9.52 Å². The standard InChI is InChI=1S/C15H12FN3O3S2/c1-9(20)17-15-18-13-8-11(4-7-14(13)23-15)19-24(21,22)12-5-2-10(16)3-6-12/h2-8,19H,1H3,(H,17,18,20). The van der Waals surface area contributed by atoms with Crippen molar-refractivity contribution in [3.8, 4) is 0 Å². The second-order valence-electron chi connectivity index (χ2n) is 4.94. The van der Waals surface area contributed by atoms with Gasteiger partial charge in [0.1, 0.15) is 5.82 Å². The van der Waals surface area contributed by atoms with Crippen molar-refractivity contribution < 1.29 is 17.6 Å². The van der Waals surface area contributed by atoms with Gasteiger partial charge in [-0.15, -0.1) is 0 Å². The molecule has 0 atom stereocenters. The number of sulfonamides is 1. The minimum atomic E-state index is -3.82. The molecule has 0 spiro atoms. The Bertz CT molecular complexity index is 1010. The van der Waals surface area contributed by atoms with Gasteiger partial charge < -0.3 is 5.32 Å². The summed E-state index contributed by atoms with van der Waals surface area (Å²) in [6.07, 6.45) is 0. The molecule has 0 saturated heterocycles.